The van der Waals surface area contributed by atoms with E-state index in [1.807, 2.05) is 0 Å². The van der Waals surface area contributed by atoms with Crippen molar-refractivity contribution >= 4 is 35.9 Å². The molecule has 10 heteroatoms. The number of carbonyl (C=O) groups excluding carboxylic acids is 1. The molecule has 3 rings (SSSR count). The highest BCUT2D eigenvalue weighted by Crippen LogP contribution is 2.20. The SMILES string of the molecule is O=C(NN=Cc1c(O)n(-c2ccc(Cl)cc2)c(=S)[nH]c1=O)c1ccncc1. The maximum atomic E-state index is 12.1. The molecule has 2 heterocycles. The van der Waals surface area contributed by atoms with Gasteiger partial charge >= 0.3 is 0 Å². The fourth-order valence-corrected chi connectivity index (χ4v) is 2.62. The van der Waals surface area contributed by atoms with E-state index in [0.29, 0.717) is 16.3 Å². The van der Waals surface area contributed by atoms with Crippen molar-refractivity contribution in [3.8, 4) is 11.6 Å². The van der Waals surface area contributed by atoms with Gasteiger partial charge in [0.1, 0.15) is 5.56 Å². The Morgan fingerprint density at radius 1 is 1.26 bits per heavy atom. The monoisotopic (exact) mass is 401 g/mol. The highest BCUT2D eigenvalue weighted by molar-refractivity contribution is 7.71. The van der Waals surface area contributed by atoms with Crippen LogP contribution < -0.4 is 11.0 Å². The molecule has 1 aromatic carbocycles. The van der Waals surface area contributed by atoms with Crippen LogP contribution in [0.25, 0.3) is 5.69 Å². The van der Waals surface area contributed by atoms with Crippen LogP contribution in [0.1, 0.15) is 15.9 Å². The molecule has 0 aliphatic heterocycles. The number of carbonyl (C=O) groups is 1. The van der Waals surface area contributed by atoms with Gasteiger partial charge < -0.3 is 5.11 Å². The molecule has 1 amide bonds. The van der Waals surface area contributed by atoms with Crippen molar-refractivity contribution in [3.05, 3.63) is 80.1 Å². The van der Waals surface area contributed by atoms with E-state index < -0.39 is 17.3 Å². The molecule has 0 atom stereocenters. The van der Waals surface area contributed by atoms with Crippen LogP contribution in [0.3, 0.4) is 0 Å². The number of amides is 1. The lowest BCUT2D eigenvalue weighted by Crippen LogP contribution is -2.21. The molecule has 0 radical (unpaired) electrons. The lowest BCUT2D eigenvalue weighted by molar-refractivity contribution is 0.0955. The molecule has 0 bridgehead atoms. The lowest BCUT2D eigenvalue weighted by Gasteiger charge is -2.11. The molecular formula is C17H12ClN5O3S. The molecular weight excluding hydrogens is 390 g/mol. The van der Waals surface area contributed by atoms with Crippen molar-refractivity contribution in [2.45, 2.75) is 0 Å². The van der Waals surface area contributed by atoms with E-state index in [-0.39, 0.29) is 10.3 Å². The number of aromatic nitrogens is 3. The van der Waals surface area contributed by atoms with E-state index in [1.54, 1.807) is 24.3 Å². The minimum atomic E-state index is -0.648. The van der Waals surface area contributed by atoms with E-state index in [1.165, 1.54) is 29.1 Å². The van der Waals surface area contributed by atoms with Crippen molar-refractivity contribution in [3.63, 3.8) is 0 Å². The quantitative estimate of drug-likeness (QED) is 0.353. The Kier molecular flexibility index (Phi) is 5.43. The number of H-pyrrole nitrogens is 1. The smallest absolute Gasteiger partial charge is 0.271 e. The summed E-state index contributed by atoms with van der Waals surface area (Å²) in [6.07, 6.45) is 3.97. The van der Waals surface area contributed by atoms with Crippen LogP contribution in [0, 0.1) is 4.77 Å². The van der Waals surface area contributed by atoms with Crippen LogP contribution in [0.2, 0.25) is 5.02 Å². The third-order valence-electron chi connectivity index (χ3n) is 3.51. The zero-order valence-corrected chi connectivity index (χ0v) is 15.2. The van der Waals surface area contributed by atoms with Gasteiger partial charge in [0.05, 0.1) is 11.9 Å². The summed E-state index contributed by atoms with van der Waals surface area (Å²) in [6.45, 7) is 0. The zero-order chi connectivity index (χ0) is 19.4. The second-order valence-electron chi connectivity index (χ2n) is 5.24. The van der Waals surface area contributed by atoms with E-state index in [9.17, 15) is 14.7 Å². The van der Waals surface area contributed by atoms with Crippen molar-refractivity contribution in [2.24, 2.45) is 5.10 Å². The molecule has 0 saturated carbocycles. The van der Waals surface area contributed by atoms with Gasteiger partial charge in [0, 0.05) is 23.0 Å². The number of pyridine rings is 1. The maximum absolute atomic E-state index is 12.1. The number of hydrogen-bond acceptors (Lipinski definition) is 6. The predicted molar refractivity (Wildman–Crippen MR) is 103 cm³/mol. The molecule has 0 unspecified atom stereocenters. The third kappa shape index (κ3) is 4.10. The highest BCUT2D eigenvalue weighted by Gasteiger charge is 2.13. The number of benzene rings is 1. The molecule has 8 nitrogen and oxygen atoms in total. The Morgan fingerprint density at radius 3 is 2.59 bits per heavy atom. The third-order valence-corrected chi connectivity index (χ3v) is 4.04. The molecule has 0 aliphatic carbocycles. The lowest BCUT2D eigenvalue weighted by atomic mass is 10.2. The van der Waals surface area contributed by atoms with Gasteiger partial charge in [0.25, 0.3) is 11.5 Å². The van der Waals surface area contributed by atoms with Crippen molar-refractivity contribution in [1.82, 2.24) is 20.0 Å². The van der Waals surface area contributed by atoms with E-state index >= 15 is 0 Å². The number of aromatic hydroxyl groups is 1. The van der Waals surface area contributed by atoms with Gasteiger partial charge in [-0.1, -0.05) is 11.6 Å². The highest BCUT2D eigenvalue weighted by atomic mass is 35.5. The number of nitrogens with one attached hydrogen (secondary N) is 2. The normalized spacial score (nSPS) is 10.9. The molecule has 0 spiro atoms. The first-order valence-electron chi connectivity index (χ1n) is 7.55. The van der Waals surface area contributed by atoms with Crippen LogP contribution in [0.4, 0.5) is 0 Å². The number of aromatic amines is 1. The summed E-state index contributed by atoms with van der Waals surface area (Å²) < 4.78 is 1.25. The average molecular weight is 402 g/mol. The zero-order valence-electron chi connectivity index (χ0n) is 13.6. The fraction of sp³-hybridized carbons (Fsp3) is 0. The van der Waals surface area contributed by atoms with Crippen molar-refractivity contribution in [2.75, 3.05) is 0 Å². The van der Waals surface area contributed by atoms with E-state index in [4.69, 9.17) is 23.8 Å². The second-order valence-corrected chi connectivity index (χ2v) is 6.07. The first kappa shape index (κ1) is 18.5. The molecule has 2 aromatic heterocycles. The largest absolute Gasteiger partial charge is 0.494 e. The summed E-state index contributed by atoms with van der Waals surface area (Å²) in [5, 5.41) is 14.7. The van der Waals surface area contributed by atoms with Crippen LogP contribution >= 0.6 is 23.8 Å². The fourth-order valence-electron chi connectivity index (χ4n) is 2.21. The van der Waals surface area contributed by atoms with Crippen LogP contribution in [0.5, 0.6) is 5.88 Å². The van der Waals surface area contributed by atoms with Gasteiger partial charge in [0.2, 0.25) is 5.88 Å². The maximum Gasteiger partial charge on any atom is 0.271 e. The number of halogens is 1. The van der Waals surface area contributed by atoms with Gasteiger partial charge in [-0.25, -0.2) is 5.43 Å². The summed E-state index contributed by atoms with van der Waals surface area (Å²) in [5.41, 5.74) is 2.29. The number of nitrogens with zero attached hydrogens (tertiary/aromatic N) is 3. The predicted octanol–water partition coefficient (Wildman–Crippen LogP) is 2.41. The Morgan fingerprint density at radius 2 is 1.93 bits per heavy atom. The Bertz CT molecular complexity index is 1120. The first-order chi connectivity index (χ1) is 13.0. The number of hydrogen-bond donors (Lipinski definition) is 3. The molecule has 3 N–H and O–H groups in total. The number of hydrazone groups is 1. The van der Waals surface area contributed by atoms with Crippen LogP contribution in [0.15, 0.2) is 58.7 Å². The first-order valence-corrected chi connectivity index (χ1v) is 8.33. The minimum absolute atomic E-state index is 0.00204. The topological polar surface area (TPSA) is 112 Å². The van der Waals surface area contributed by atoms with Crippen molar-refractivity contribution < 1.29 is 9.90 Å². The average Bonchev–Trinajstić information content (AvgIpc) is 2.66. The van der Waals surface area contributed by atoms with E-state index in [0.717, 1.165) is 6.21 Å². The molecule has 0 fully saturated rings. The molecule has 27 heavy (non-hydrogen) atoms. The number of rotatable bonds is 4. The Hall–Kier alpha value is -3.30. The molecule has 136 valence electrons. The van der Waals surface area contributed by atoms with Gasteiger partial charge in [-0.2, -0.15) is 5.10 Å². The summed E-state index contributed by atoms with van der Waals surface area (Å²) in [5.74, 6) is -0.914. The Balaban J connectivity index is 1.93. The van der Waals surface area contributed by atoms with Gasteiger partial charge in [-0.15, -0.1) is 0 Å². The summed E-state index contributed by atoms with van der Waals surface area (Å²) in [6, 6.07) is 9.51. The second kappa shape index (κ2) is 7.94. The van der Waals surface area contributed by atoms with Gasteiger partial charge in [0.15, 0.2) is 4.77 Å². The molecule has 0 aliphatic rings. The van der Waals surface area contributed by atoms with Gasteiger partial charge in [-0.05, 0) is 48.6 Å². The van der Waals surface area contributed by atoms with Crippen molar-refractivity contribution in [1.29, 1.82) is 0 Å². The van der Waals surface area contributed by atoms with Crippen LogP contribution in [-0.4, -0.2) is 31.8 Å². The molecule has 3 aromatic rings. The van der Waals surface area contributed by atoms with Crippen LogP contribution in [-0.2, 0) is 0 Å². The molecule has 0 saturated heterocycles. The summed E-state index contributed by atoms with van der Waals surface area (Å²) in [4.78, 5) is 30.3. The summed E-state index contributed by atoms with van der Waals surface area (Å²) >= 11 is 11.0. The standard InChI is InChI=1S/C17H12ClN5O3S/c18-11-1-3-12(4-2-11)23-16(26)13(15(25)21-17(23)27)9-20-22-14(24)10-5-7-19-8-6-10/h1-9,26H,(H,22,24)(H,21,25,27). The Labute approximate surface area is 162 Å². The summed E-state index contributed by atoms with van der Waals surface area (Å²) in [7, 11) is 0. The van der Waals surface area contributed by atoms with E-state index in [2.05, 4.69) is 20.5 Å². The minimum Gasteiger partial charge on any atom is -0.494 e. The van der Waals surface area contributed by atoms with Gasteiger partial charge in [-0.3, -0.25) is 24.1 Å².